The van der Waals surface area contributed by atoms with Gasteiger partial charge in [0.2, 0.25) is 5.78 Å². The lowest BCUT2D eigenvalue weighted by Gasteiger charge is -2.21. The van der Waals surface area contributed by atoms with Crippen molar-refractivity contribution in [3.63, 3.8) is 0 Å². The quantitative estimate of drug-likeness (QED) is 0.155. The largest absolute Gasteiger partial charge is 0.365 e. The first-order chi connectivity index (χ1) is 16.2. The molecular weight excluding hydrogens is 430 g/mol. The molecule has 0 atom stereocenters. The number of hydrogen-bond donors (Lipinski definition) is 0. The predicted octanol–water partition coefficient (Wildman–Crippen LogP) is 7.20. The van der Waals surface area contributed by atoms with Gasteiger partial charge in [-0.25, -0.2) is 4.79 Å². The third kappa shape index (κ3) is 6.65. The first-order valence-corrected chi connectivity index (χ1v) is 12.2. The van der Waals surface area contributed by atoms with Gasteiger partial charge in [-0.1, -0.05) is 85.4 Å². The molecule has 168 valence electrons. The number of carbonyl (C=O) groups is 2. The molecule has 5 heteroatoms. The van der Waals surface area contributed by atoms with Crippen LogP contribution >= 0.6 is 11.8 Å². The van der Waals surface area contributed by atoms with Crippen LogP contribution < -0.4 is 0 Å². The lowest BCUT2D eigenvalue weighted by molar-refractivity contribution is 0.0514. The summed E-state index contributed by atoms with van der Waals surface area (Å²) in [4.78, 5) is 33.1. The number of benzene rings is 3. The van der Waals surface area contributed by atoms with Crippen LogP contribution in [0.5, 0.6) is 0 Å². The maximum Gasteiger partial charge on any atom is 0.365 e. The van der Waals surface area contributed by atoms with Crippen molar-refractivity contribution in [1.82, 2.24) is 0 Å². The molecule has 0 amide bonds. The van der Waals surface area contributed by atoms with E-state index in [2.05, 4.69) is 17.3 Å². The third-order valence-electron chi connectivity index (χ3n) is 5.81. The zero-order valence-electron chi connectivity index (χ0n) is 18.5. The van der Waals surface area contributed by atoms with E-state index in [0.29, 0.717) is 29.2 Å². The van der Waals surface area contributed by atoms with Gasteiger partial charge in [0.25, 0.3) is 0 Å². The number of oxime groups is 1. The highest BCUT2D eigenvalue weighted by molar-refractivity contribution is 7.99. The van der Waals surface area contributed by atoms with Gasteiger partial charge in [0, 0.05) is 15.4 Å². The van der Waals surface area contributed by atoms with Gasteiger partial charge in [0.05, 0.1) is 5.56 Å². The van der Waals surface area contributed by atoms with Crippen molar-refractivity contribution < 1.29 is 14.4 Å². The summed E-state index contributed by atoms with van der Waals surface area (Å²) in [5, 5.41) is 4.07. The van der Waals surface area contributed by atoms with Crippen molar-refractivity contribution in [2.75, 3.05) is 0 Å². The average molecular weight is 458 g/mol. The smallest absolute Gasteiger partial charge is 0.312 e. The van der Waals surface area contributed by atoms with Crippen molar-refractivity contribution in [3.05, 3.63) is 96.1 Å². The number of rotatable bonds is 8. The fraction of sp³-hybridized carbons (Fsp3) is 0.250. The number of nitrogens with zero attached hydrogens (tertiary/aromatic N) is 1. The van der Waals surface area contributed by atoms with Crippen LogP contribution in [0.2, 0.25) is 0 Å². The fourth-order valence-electron chi connectivity index (χ4n) is 4.03. The first kappa shape index (κ1) is 23.0. The van der Waals surface area contributed by atoms with Gasteiger partial charge in [-0.2, -0.15) is 0 Å². The summed E-state index contributed by atoms with van der Waals surface area (Å²) in [5.74, 6) is -0.346. The number of carbonyl (C=O) groups excluding carboxylic acids is 2. The highest BCUT2D eigenvalue weighted by atomic mass is 32.2. The maximum absolute atomic E-state index is 13.3. The molecule has 0 unspecified atom stereocenters. The molecule has 0 radical (unpaired) electrons. The van der Waals surface area contributed by atoms with Gasteiger partial charge in [-0.05, 0) is 60.9 Å². The monoisotopic (exact) mass is 457 g/mol. The fourth-order valence-corrected chi connectivity index (χ4v) is 4.86. The molecule has 0 N–H and O–H groups in total. The molecule has 4 nitrogen and oxygen atoms in total. The van der Waals surface area contributed by atoms with E-state index >= 15 is 0 Å². The summed E-state index contributed by atoms with van der Waals surface area (Å²) < 4.78 is 0. The molecule has 0 spiro atoms. The standard InChI is InChI=1S/C28H27NO3S/c30-27(22-16-18-25(19-17-22)33-24-14-8-3-9-15-24)26(20-21-10-4-1-5-11-21)29-32-28(31)23-12-6-2-7-13-23/h2-3,6-9,12-19,21H,1,4-5,10-11,20H2/b29-26-. The summed E-state index contributed by atoms with van der Waals surface area (Å²) in [6, 6.07) is 26.3. The van der Waals surface area contributed by atoms with Crippen LogP contribution in [-0.4, -0.2) is 17.5 Å². The van der Waals surface area contributed by atoms with Crippen LogP contribution in [0.25, 0.3) is 0 Å². The molecule has 3 aromatic rings. The van der Waals surface area contributed by atoms with E-state index in [-0.39, 0.29) is 5.78 Å². The second kappa shape index (κ2) is 11.6. The number of hydrogen-bond acceptors (Lipinski definition) is 5. The van der Waals surface area contributed by atoms with Crippen LogP contribution in [0.15, 0.2) is 99.9 Å². The molecule has 4 rings (SSSR count). The summed E-state index contributed by atoms with van der Waals surface area (Å²) in [6.07, 6.45) is 6.25. The summed E-state index contributed by atoms with van der Waals surface area (Å²) in [7, 11) is 0. The lowest BCUT2D eigenvalue weighted by Crippen LogP contribution is -2.21. The minimum atomic E-state index is -0.556. The number of Topliss-reactive ketones (excluding diaryl/α,β-unsaturated/α-hetero) is 1. The minimum Gasteiger partial charge on any atom is -0.312 e. The molecule has 0 aromatic heterocycles. The van der Waals surface area contributed by atoms with Crippen LogP contribution in [0.1, 0.15) is 59.2 Å². The topological polar surface area (TPSA) is 55.7 Å². The Morgan fingerprint density at radius 1 is 0.758 bits per heavy atom. The second-order valence-corrected chi connectivity index (χ2v) is 9.41. The van der Waals surface area contributed by atoms with E-state index < -0.39 is 5.97 Å². The molecular formula is C28H27NO3S. The molecule has 1 fully saturated rings. The summed E-state index contributed by atoms with van der Waals surface area (Å²) >= 11 is 1.65. The normalized spacial score (nSPS) is 14.6. The maximum atomic E-state index is 13.3. The zero-order valence-corrected chi connectivity index (χ0v) is 19.3. The molecule has 0 saturated heterocycles. The van der Waals surface area contributed by atoms with E-state index in [1.165, 1.54) is 19.3 Å². The number of ketones is 1. The van der Waals surface area contributed by atoms with E-state index in [1.54, 1.807) is 36.0 Å². The third-order valence-corrected chi connectivity index (χ3v) is 6.83. The van der Waals surface area contributed by atoms with Crippen molar-refractivity contribution in [2.24, 2.45) is 11.1 Å². The molecule has 0 bridgehead atoms. The minimum absolute atomic E-state index is 0.183. The van der Waals surface area contributed by atoms with E-state index in [4.69, 9.17) is 4.84 Å². The molecule has 33 heavy (non-hydrogen) atoms. The Bertz CT molecular complexity index is 1090. The molecule has 0 heterocycles. The Hall–Kier alpha value is -3.18. The summed E-state index contributed by atoms with van der Waals surface area (Å²) in [6.45, 7) is 0. The van der Waals surface area contributed by atoms with Crippen molar-refractivity contribution >= 4 is 29.2 Å². The zero-order chi connectivity index (χ0) is 22.9. The van der Waals surface area contributed by atoms with E-state index in [9.17, 15) is 9.59 Å². The Labute approximate surface area is 199 Å². The SMILES string of the molecule is O=C(O/N=C(/CC1CCCCC1)C(=O)c1ccc(Sc2ccccc2)cc1)c1ccccc1. The predicted molar refractivity (Wildman–Crippen MR) is 132 cm³/mol. The molecule has 3 aromatic carbocycles. The highest BCUT2D eigenvalue weighted by Gasteiger charge is 2.23. The molecule has 0 aliphatic heterocycles. The van der Waals surface area contributed by atoms with Crippen LogP contribution in [-0.2, 0) is 4.84 Å². The van der Waals surface area contributed by atoms with Gasteiger partial charge in [-0.15, -0.1) is 0 Å². The first-order valence-electron chi connectivity index (χ1n) is 11.4. The Morgan fingerprint density at radius 3 is 2.03 bits per heavy atom. The van der Waals surface area contributed by atoms with Crippen LogP contribution in [0.3, 0.4) is 0 Å². The molecule has 1 aliphatic rings. The Kier molecular flexibility index (Phi) is 8.09. The van der Waals surface area contributed by atoms with Crippen molar-refractivity contribution in [2.45, 2.75) is 48.3 Å². The molecule has 1 saturated carbocycles. The second-order valence-electron chi connectivity index (χ2n) is 8.26. The average Bonchev–Trinajstić information content (AvgIpc) is 2.88. The van der Waals surface area contributed by atoms with Crippen LogP contribution in [0.4, 0.5) is 0 Å². The lowest BCUT2D eigenvalue weighted by atomic mass is 9.84. The van der Waals surface area contributed by atoms with E-state index in [0.717, 1.165) is 22.6 Å². The van der Waals surface area contributed by atoms with E-state index in [1.807, 2.05) is 48.5 Å². The highest BCUT2D eigenvalue weighted by Crippen LogP contribution is 2.29. The van der Waals surface area contributed by atoms with Gasteiger partial charge in [-0.3, -0.25) is 4.79 Å². The van der Waals surface area contributed by atoms with Gasteiger partial charge in [0.15, 0.2) is 0 Å². The van der Waals surface area contributed by atoms with Gasteiger partial charge >= 0.3 is 5.97 Å². The molecule has 1 aliphatic carbocycles. The van der Waals surface area contributed by atoms with Crippen molar-refractivity contribution in [3.8, 4) is 0 Å². The van der Waals surface area contributed by atoms with Gasteiger partial charge in [0.1, 0.15) is 5.71 Å². The van der Waals surface area contributed by atoms with Crippen LogP contribution in [0, 0.1) is 5.92 Å². The Morgan fingerprint density at radius 2 is 1.36 bits per heavy atom. The summed E-state index contributed by atoms with van der Waals surface area (Å²) in [5.41, 5.74) is 1.28. The Balaban J connectivity index is 1.49. The van der Waals surface area contributed by atoms with Gasteiger partial charge < -0.3 is 4.84 Å². The van der Waals surface area contributed by atoms with Crippen molar-refractivity contribution in [1.29, 1.82) is 0 Å².